The van der Waals surface area contributed by atoms with E-state index in [1.165, 1.54) is 4.88 Å². The average Bonchev–Trinajstić information content (AvgIpc) is 3.11. The van der Waals surface area contributed by atoms with Crippen LogP contribution < -0.4 is 4.90 Å². The number of rotatable bonds is 4. The molecule has 0 radical (unpaired) electrons. The molecule has 1 N–H and O–H groups in total. The fraction of sp³-hybridized carbons (Fsp3) is 0.368. The Morgan fingerprint density at radius 3 is 3.04 bits per heavy atom. The van der Waals surface area contributed by atoms with Gasteiger partial charge in [0.25, 0.3) is 0 Å². The minimum Gasteiger partial charge on any atom is -0.481 e. The lowest BCUT2D eigenvalue weighted by atomic mass is 9.98. The van der Waals surface area contributed by atoms with Gasteiger partial charge in [-0.05, 0) is 37.5 Å². The highest BCUT2D eigenvalue weighted by Gasteiger charge is 2.28. The van der Waals surface area contributed by atoms with Crippen LogP contribution in [0.2, 0.25) is 0 Å². The maximum atomic E-state index is 11.5. The Hall–Kier alpha value is -2.54. The second kappa shape index (κ2) is 6.99. The lowest BCUT2D eigenvalue weighted by molar-refractivity contribution is -0.141. The van der Waals surface area contributed by atoms with E-state index >= 15 is 0 Å². The van der Waals surface area contributed by atoms with E-state index in [-0.39, 0.29) is 5.92 Å². The van der Waals surface area contributed by atoms with Crippen LogP contribution >= 0.6 is 11.3 Å². The Kier molecular flexibility index (Phi) is 4.55. The normalized spacial score (nSPS) is 17.6. The number of fused-ring (bicyclic) bond motifs is 1. The van der Waals surface area contributed by atoms with Gasteiger partial charge in [-0.2, -0.15) is 0 Å². The van der Waals surface area contributed by atoms with Gasteiger partial charge in [-0.15, -0.1) is 11.3 Å². The molecule has 1 aliphatic heterocycles. The molecule has 6 nitrogen and oxygen atoms in total. The molecular formula is C19H20N4O2S. The van der Waals surface area contributed by atoms with Crippen LogP contribution in [0.5, 0.6) is 0 Å². The zero-order chi connectivity index (χ0) is 18.1. The quantitative estimate of drug-likeness (QED) is 0.758. The summed E-state index contributed by atoms with van der Waals surface area (Å²) in [6.45, 7) is 3.44. The van der Waals surface area contributed by atoms with Gasteiger partial charge in [0.1, 0.15) is 10.6 Å². The highest BCUT2D eigenvalue weighted by atomic mass is 32.1. The van der Waals surface area contributed by atoms with Crippen LogP contribution in [0.3, 0.4) is 0 Å². The molecule has 1 unspecified atom stereocenters. The molecule has 0 aromatic carbocycles. The molecule has 0 spiro atoms. The molecule has 1 atom stereocenters. The Balaban J connectivity index is 1.83. The van der Waals surface area contributed by atoms with E-state index in [1.807, 2.05) is 12.1 Å². The van der Waals surface area contributed by atoms with Crippen molar-refractivity contribution in [1.82, 2.24) is 15.0 Å². The first-order valence-electron chi connectivity index (χ1n) is 8.84. The summed E-state index contributed by atoms with van der Waals surface area (Å²) >= 11 is 1.68. The first kappa shape index (κ1) is 16.9. The highest BCUT2D eigenvalue weighted by Crippen LogP contribution is 2.35. The molecule has 26 heavy (non-hydrogen) atoms. The van der Waals surface area contributed by atoms with Gasteiger partial charge in [-0.3, -0.25) is 9.78 Å². The smallest absolute Gasteiger partial charge is 0.308 e. The number of hydrogen-bond acceptors (Lipinski definition) is 6. The molecule has 0 bridgehead atoms. The lowest BCUT2D eigenvalue weighted by Crippen LogP contribution is -2.39. The SMILES string of the molecule is CCc1cc2c(N3CCCC(C(=O)O)C3)nc(-c3cccnc3)nc2s1. The molecule has 4 heterocycles. The summed E-state index contributed by atoms with van der Waals surface area (Å²) in [6.07, 6.45) is 6.01. The maximum Gasteiger partial charge on any atom is 0.308 e. The predicted molar refractivity (Wildman–Crippen MR) is 103 cm³/mol. The van der Waals surface area contributed by atoms with Gasteiger partial charge in [0.2, 0.25) is 0 Å². The van der Waals surface area contributed by atoms with Crippen LogP contribution in [0.1, 0.15) is 24.6 Å². The monoisotopic (exact) mass is 368 g/mol. The van der Waals surface area contributed by atoms with Crippen LogP contribution in [0.4, 0.5) is 5.82 Å². The van der Waals surface area contributed by atoms with Gasteiger partial charge in [-0.25, -0.2) is 9.97 Å². The van der Waals surface area contributed by atoms with Crippen molar-refractivity contribution in [3.63, 3.8) is 0 Å². The second-order valence-electron chi connectivity index (χ2n) is 6.52. The Labute approximate surface area is 155 Å². The third-order valence-corrected chi connectivity index (χ3v) is 5.94. The molecule has 134 valence electrons. The summed E-state index contributed by atoms with van der Waals surface area (Å²) in [4.78, 5) is 29.5. The number of nitrogens with zero attached hydrogens (tertiary/aromatic N) is 4. The van der Waals surface area contributed by atoms with E-state index in [0.29, 0.717) is 12.4 Å². The van der Waals surface area contributed by atoms with Crippen molar-refractivity contribution in [3.8, 4) is 11.4 Å². The van der Waals surface area contributed by atoms with Crippen molar-refractivity contribution in [1.29, 1.82) is 0 Å². The lowest BCUT2D eigenvalue weighted by Gasteiger charge is -2.32. The number of carbonyl (C=O) groups is 1. The van der Waals surface area contributed by atoms with Crippen molar-refractivity contribution < 1.29 is 9.90 Å². The molecule has 1 fully saturated rings. The number of aryl methyl sites for hydroxylation is 1. The summed E-state index contributed by atoms with van der Waals surface area (Å²) < 4.78 is 0. The highest BCUT2D eigenvalue weighted by molar-refractivity contribution is 7.18. The molecule has 1 aliphatic rings. The summed E-state index contributed by atoms with van der Waals surface area (Å²) in [5.74, 6) is 0.408. The van der Waals surface area contributed by atoms with E-state index in [0.717, 1.165) is 47.4 Å². The topological polar surface area (TPSA) is 79.2 Å². The zero-order valence-electron chi connectivity index (χ0n) is 14.6. The number of aromatic nitrogens is 3. The fourth-order valence-electron chi connectivity index (χ4n) is 3.37. The molecule has 3 aromatic rings. The maximum absolute atomic E-state index is 11.5. The van der Waals surface area contributed by atoms with Crippen LogP contribution in [0, 0.1) is 5.92 Å². The van der Waals surface area contributed by atoms with E-state index in [1.54, 1.807) is 23.7 Å². The summed E-state index contributed by atoms with van der Waals surface area (Å²) in [5, 5.41) is 10.4. The number of thiophene rings is 1. The number of hydrogen-bond donors (Lipinski definition) is 1. The summed E-state index contributed by atoms with van der Waals surface area (Å²) in [6, 6.07) is 5.96. The molecule has 0 aliphatic carbocycles. The minimum absolute atomic E-state index is 0.347. The summed E-state index contributed by atoms with van der Waals surface area (Å²) in [7, 11) is 0. The van der Waals surface area contributed by atoms with Gasteiger partial charge in [0, 0.05) is 35.9 Å². The summed E-state index contributed by atoms with van der Waals surface area (Å²) in [5.41, 5.74) is 0.869. The molecular weight excluding hydrogens is 348 g/mol. The number of pyridine rings is 1. The Bertz CT molecular complexity index is 941. The first-order chi connectivity index (χ1) is 12.7. The van der Waals surface area contributed by atoms with Gasteiger partial charge in [0.05, 0.1) is 11.3 Å². The minimum atomic E-state index is -0.730. The molecule has 3 aromatic heterocycles. The van der Waals surface area contributed by atoms with E-state index in [2.05, 4.69) is 22.9 Å². The van der Waals surface area contributed by atoms with Crippen molar-refractivity contribution in [3.05, 3.63) is 35.5 Å². The number of carboxylic acids is 1. The van der Waals surface area contributed by atoms with Crippen LogP contribution in [-0.2, 0) is 11.2 Å². The van der Waals surface area contributed by atoms with Crippen LogP contribution in [0.15, 0.2) is 30.6 Å². The fourth-order valence-corrected chi connectivity index (χ4v) is 4.33. The Morgan fingerprint density at radius 1 is 1.42 bits per heavy atom. The number of carboxylic acid groups (broad SMARTS) is 1. The molecule has 0 saturated carbocycles. The Morgan fingerprint density at radius 2 is 2.31 bits per heavy atom. The average molecular weight is 368 g/mol. The van der Waals surface area contributed by atoms with Gasteiger partial charge in [-0.1, -0.05) is 6.92 Å². The molecule has 7 heteroatoms. The van der Waals surface area contributed by atoms with Gasteiger partial charge in [0.15, 0.2) is 5.82 Å². The number of anilines is 1. The van der Waals surface area contributed by atoms with Crippen LogP contribution in [-0.4, -0.2) is 39.1 Å². The number of piperidine rings is 1. The molecule has 0 amide bonds. The third kappa shape index (κ3) is 3.14. The second-order valence-corrected chi connectivity index (χ2v) is 7.64. The van der Waals surface area contributed by atoms with Gasteiger partial charge < -0.3 is 10.0 Å². The van der Waals surface area contributed by atoms with Crippen molar-refractivity contribution in [2.75, 3.05) is 18.0 Å². The largest absolute Gasteiger partial charge is 0.481 e. The first-order valence-corrected chi connectivity index (χ1v) is 9.66. The zero-order valence-corrected chi connectivity index (χ0v) is 15.4. The van der Waals surface area contributed by atoms with Crippen molar-refractivity contribution in [2.24, 2.45) is 5.92 Å². The van der Waals surface area contributed by atoms with Crippen LogP contribution in [0.25, 0.3) is 21.6 Å². The molecule has 4 rings (SSSR count). The van der Waals surface area contributed by atoms with E-state index in [9.17, 15) is 9.90 Å². The van der Waals surface area contributed by atoms with E-state index < -0.39 is 5.97 Å². The van der Waals surface area contributed by atoms with Crippen molar-refractivity contribution in [2.45, 2.75) is 26.2 Å². The van der Waals surface area contributed by atoms with Crippen molar-refractivity contribution >= 4 is 33.3 Å². The van der Waals surface area contributed by atoms with E-state index in [4.69, 9.17) is 9.97 Å². The van der Waals surface area contributed by atoms with Gasteiger partial charge >= 0.3 is 5.97 Å². The number of aliphatic carboxylic acids is 1. The predicted octanol–water partition coefficient (Wildman–Crippen LogP) is 3.62. The standard InChI is InChI=1S/C19H20N4O2S/c1-2-14-9-15-17(23-8-4-6-13(11-23)19(24)25)21-16(22-18(15)26-14)12-5-3-7-20-10-12/h3,5,7,9-10,13H,2,4,6,8,11H2,1H3,(H,24,25). The third-order valence-electron chi connectivity index (χ3n) is 4.76. The molecule has 1 saturated heterocycles.